The molecular weight excluding hydrogens is 337 g/mol. The third-order valence-electron chi connectivity index (χ3n) is 5.28. The highest BCUT2D eigenvalue weighted by Gasteiger charge is 2.30. The van der Waals surface area contributed by atoms with E-state index in [9.17, 15) is 9.18 Å². The van der Waals surface area contributed by atoms with Crippen LogP contribution in [-0.2, 0) is 9.53 Å². The minimum atomic E-state index is -0.470. The molecule has 138 valence electrons. The first-order chi connectivity index (χ1) is 12.6. The van der Waals surface area contributed by atoms with E-state index in [-0.39, 0.29) is 23.4 Å². The lowest BCUT2D eigenvalue weighted by Crippen LogP contribution is -2.31. The molecule has 1 unspecified atom stereocenters. The van der Waals surface area contributed by atoms with Gasteiger partial charge in [-0.2, -0.15) is 4.68 Å². The number of carbonyl (C=O) groups excluding carboxylic acids is 1. The summed E-state index contributed by atoms with van der Waals surface area (Å²) in [5, 5.41) is 14.5. The fourth-order valence-electron chi connectivity index (χ4n) is 3.39. The Hall–Kier alpha value is -2.35. The Kier molecular flexibility index (Phi) is 4.67. The van der Waals surface area contributed by atoms with Crippen LogP contribution in [0.1, 0.15) is 44.3 Å². The molecular formula is C18H22FN5O2. The van der Waals surface area contributed by atoms with Gasteiger partial charge in [0.25, 0.3) is 0 Å². The van der Waals surface area contributed by atoms with E-state index in [4.69, 9.17) is 4.74 Å². The molecule has 1 saturated heterocycles. The number of ether oxygens (including phenoxy) is 1. The summed E-state index contributed by atoms with van der Waals surface area (Å²) in [6, 6.07) is 4.55. The van der Waals surface area contributed by atoms with Gasteiger partial charge >= 0.3 is 0 Å². The molecule has 1 aromatic heterocycles. The standard InChI is InChI=1S/C18H22FN5O2/c1-11(12-6-8-26-9-7-12)18(25)20-16-10-14(4-5-15(16)19)24-17(13-2-3-13)21-22-23-24/h4-5,10-13H,2-3,6-9H2,1H3,(H,20,25). The van der Waals surface area contributed by atoms with Crippen LogP contribution in [0.4, 0.5) is 10.1 Å². The molecule has 1 N–H and O–H groups in total. The summed E-state index contributed by atoms with van der Waals surface area (Å²) in [4.78, 5) is 12.6. The number of rotatable bonds is 5. The Balaban J connectivity index is 1.52. The van der Waals surface area contributed by atoms with Gasteiger partial charge in [0.15, 0.2) is 5.82 Å². The van der Waals surface area contributed by atoms with Crippen molar-refractivity contribution < 1.29 is 13.9 Å². The fourth-order valence-corrected chi connectivity index (χ4v) is 3.39. The molecule has 4 rings (SSSR count). The Bertz CT molecular complexity index is 799. The highest BCUT2D eigenvalue weighted by molar-refractivity contribution is 5.92. The third-order valence-corrected chi connectivity index (χ3v) is 5.28. The number of hydrogen-bond acceptors (Lipinski definition) is 5. The number of benzene rings is 1. The number of aromatic nitrogens is 4. The van der Waals surface area contributed by atoms with Crippen LogP contribution >= 0.6 is 0 Å². The van der Waals surface area contributed by atoms with Gasteiger partial charge in [-0.1, -0.05) is 6.92 Å². The number of halogens is 1. The maximum absolute atomic E-state index is 14.3. The van der Waals surface area contributed by atoms with Gasteiger partial charge in [-0.3, -0.25) is 4.79 Å². The van der Waals surface area contributed by atoms with Crippen LogP contribution in [0.5, 0.6) is 0 Å². The van der Waals surface area contributed by atoms with Crippen molar-refractivity contribution in [2.24, 2.45) is 11.8 Å². The van der Waals surface area contributed by atoms with Crippen molar-refractivity contribution in [1.82, 2.24) is 20.2 Å². The van der Waals surface area contributed by atoms with Crippen LogP contribution < -0.4 is 5.32 Å². The lowest BCUT2D eigenvalue weighted by molar-refractivity contribution is -0.122. The van der Waals surface area contributed by atoms with Crippen molar-refractivity contribution >= 4 is 11.6 Å². The molecule has 1 aliphatic heterocycles. The normalized spacial score (nSPS) is 19.3. The number of tetrazole rings is 1. The SMILES string of the molecule is CC(C(=O)Nc1cc(-n2nnnc2C2CC2)ccc1F)C1CCOCC1. The minimum absolute atomic E-state index is 0.156. The Morgan fingerprint density at radius 1 is 1.31 bits per heavy atom. The molecule has 1 aliphatic carbocycles. The van der Waals surface area contributed by atoms with E-state index in [0.29, 0.717) is 24.8 Å². The first kappa shape index (κ1) is 17.1. The van der Waals surface area contributed by atoms with E-state index >= 15 is 0 Å². The van der Waals surface area contributed by atoms with E-state index in [1.807, 2.05) is 6.92 Å². The smallest absolute Gasteiger partial charge is 0.227 e. The lowest BCUT2D eigenvalue weighted by Gasteiger charge is -2.27. The predicted molar refractivity (Wildman–Crippen MR) is 92.4 cm³/mol. The third kappa shape index (κ3) is 3.46. The molecule has 7 nitrogen and oxygen atoms in total. The van der Waals surface area contributed by atoms with Crippen molar-refractivity contribution in [3.63, 3.8) is 0 Å². The van der Waals surface area contributed by atoms with Crippen LogP contribution in [0, 0.1) is 17.7 Å². The molecule has 0 radical (unpaired) electrons. The highest BCUT2D eigenvalue weighted by Crippen LogP contribution is 2.39. The number of nitrogens with zero attached hydrogens (tertiary/aromatic N) is 4. The van der Waals surface area contributed by atoms with Crippen LogP contribution in [0.25, 0.3) is 5.69 Å². The number of anilines is 1. The average molecular weight is 359 g/mol. The van der Waals surface area contributed by atoms with Crippen LogP contribution in [0.3, 0.4) is 0 Å². The summed E-state index contributed by atoms with van der Waals surface area (Å²) >= 11 is 0. The second-order valence-corrected chi connectivity index (χ2v) is 7.12. The van der Waals surface area contributed by atoms with Crippen LogP contribution in [-0.4, -0.2) is 39.3 Å². The zero-order chi connectivity index (χ0) is 18.1. The fraction of sp³-hybridized carbons (Fsp3) is 0.556. The average Bonchev–Trinajstić information content (AvgIpc) is 3.40. The second-order valence-electron chi connectivity index (χ2n) is 7.12. The number of amides is 1. The van der Waals surface area contributed by atoms with Crippen molar-refractivity contribution in [3.8, 4) is 5.69 Å². The monoisotopic (exact) mass is 359 g/mol. The second kappa shape index (κ2) is 7.11. The van der Waals surface area contributed by atoms with Gasteiger partial charge in [-0.15, -0.1) is 5.10 Å². The molecule has 26 heavy (non-hydrogen) atoms. The van der Waals surface area contributed by atoms with Gasteiger partial charge in [0, 0.05) is 25.0 Å². The van der Waals surface area contributed by atoms with Crippen molar-refractivity contribution in [3.05, 3.63) is 29.8 Å². The van der Waals surface area contributed by atoms with E-state index in [2.05, 4.69) is 20.8 Å². The summed E-state index contributed by atoms with van der Waals surface area (Å²) in [6.45, 7) is 3.24. The zero-order valence-electron chi connectivity index (χ0n) is 14.7. The van der Waals surface area contributed by atoms with Crippen LogP contribution in [0.2, 0.25) is 0 Å². The summed E-state index contributed by atoms with van der Waals surface area (Å²) in [7, 11) is 0. The molecule has 1 saturated carbocycles. The van der Waals surface area contributed by atoms with Gasteiger partial charge in [-0.05, 0) is 60.2 Å². The molecule has 1 amide bonds. The molecule has 2 heterocycles. The Morgan fingerprint density at radius 3 is 2.81 bits per heavy atom. The maximum atomic E-state index is 14.3. The highest BCUT2D eigenvalue weighted by atomic mass is 19.1. The van der Waals surface area contributed by atoms with Crippen LogP contribution in [0.15, 0.2) is 18.2 Å². The molecule has 0 bridgehead atoms. The number of carbonyl (C=O) groups is 1. The maximum Gasteiger partial charge on any atom is 0.227 e. The molecule has 1 aromatic carbocycles. The van der Waals surface area contributed by atoms with E-state index in [1.54, 1.807) is 16.8 Å². The van der Waals surface area contributed by atoms with E-state index in [1.165, 1.54) is 6.07 Å². The molecule has 0 spiro atoms. The Morgan fingerprint density at radius 2 is 2.08 bits per heavy atom. The largest absolute Gasteiger partial charge is 0.381 e. The number of hydrogen-bond donors (Lipinski definition) is 1. The van der Waals surface area contributed by atoms with Gasteiger partial charge in [0.1, 0.15) is 5.82 Å². The van der Waals surface area contributed by atoms with Gasteiger partial charge in [-0.25, -0.2) is 4.39 Å². The molecule has 2 aromatic rings. The van der Waals surface area contributed by atoms with Gasteiger partial charge in [0.2, 0.25) is 5.91 Å². The molecule has 1 atom stereocenters. The predicted octanol–water partition coefficient (Wildman–Crippen LogP) is 2.68. The quantitative estimate of drug-likeness (QED) is 0.888. The summed E-state index contributed by atoms with van der Waals surface area (Å²) < 4.78 is 21.2. The Labute approximate surface area is 150 Å². The van der Waals surface area contributed by atoms with Gasteiger partial charge in [0.05, 0.1) is 11.4 Å². The topological polar surface area (TPSA) is 81.9 Å². The van der Waals surface area contributed by atoms with Crippen molar-refractivity contribution in [1.29, 1.82) is 0 Å². The molecule has 2 fully saturated rings. The lowest BCUT2D eigenvalue weighted by atomic mass is 9.87. The van der Waals surface area contributed by atoms with E-state index < -0.39 is 5.82 Å². The summed E-state index contributed by atoms with van der Waals surface area (Å²) in [5.41, 5.74) is 0.802. The van der Waals surface area contributed by atoms with Crippen molar-refractivity contribution in [2.75, 3.05) is 18.5 Å². The minimum Gasteiger partial charge on any atom is -0.381 e. The first-order valence-electron chi connectivity index (χ1n) is 9.10. The molecule has 2 aliphatic rings. The molecule has 8 heteroatoms. The van der Waals surface area contributed by atoms with E-state index in [0.717, 1.165) is 31.5 Å². The summed E-state index contributed by atoms with van der Waals surface area (Å²) in [5.74, 6) is 0.563. The first-order valence-corrected chi connectivity index (χ1v) is 9.10. The van der Waals surface area contributed by atoms with Gasteiger partial charge < -0.3 is 10.1 Å². The van der Waals surface area contributed by atoms with Crippen molar-refractivity contribution in [2.45, 2.75) is 38.5 Å². The number of nitrogens with one attached hydrogen (secondary N) is 1. The summed E-state index contributed by atoms with van der Waals surface area (Å²) in [6.07, 6.45) is 3.83. The zero-order valence-corrected chi connectivity index (χ0v) is 14.7.